The second kappa shape index (κ2) is 19.7. The predicted molar refractivity (Wildman–Crippen MR) is 286 cm³/mol. The number of fused-ring (bicyclic) bond motifs is 4. The Kier molecular flexibility index (Phi) is 12.7. The zero-order chi connectivity index (χ0) is 59.8. The maximum atomic E-state index is 13.5. The van der Waals surface area contributed by atoms with Crippen molar-refractivity contribution in [1.82, 2.24) is 0 Å². The quantitative estimate of drug-likeness (QED) is 0.0817. The number of phenols is 16. The molecular weight excluding hydrogens is 1100 g/mol. The molecule has 6 unspecified atom stereocenters. The van der Waals surface area contributed by atoms with Crippen LogP contribution in [0.15, 0.2) is 97.1 Å². The Balaban J connectivity index is 1.21. The van der Waals surface area contributed by atoms with Crippen LogP contribution in [0.5, 0.6) is 115 Å². The highest BCUT2D eigenvalue weighted by Crippen LogP contribution is 2.67. The van der Waals surface area contributed by atoms with E-state index in [0.29, 0.717) is 0 Å². The molecule has 20 N–H and O–H groups in total. The molecule has 0 spiro atoms. The first-order valence-corrected chi connectivity index (χ1v) is 25.7. The number of hydrogen-bond acceptors (Lipinski definition) is 24. The van der Waals surface area contributed by atoms with E-state index in [1.165, 1.54) is 24.3 Å². The molecule has 84 heavy (non-hydrogen) atoms. The van der Waals surface area contributed by atoms with Gasteiger partial charge in [0.05, 0.1) is 35.2 Å². The van der Waals surface area contributed by atoms with Gasteiger partial charge in [-0.2, -0.15) is 0 Å². The van der Waals surface area contributed by atoms with Crippen molar-refractivity contribution in [2.75, 3.05) is 0 Å². The molecule has 12 rings (SSSR count). The van der Waals surface area contributed by atoms with E-state index in [2.05, 4.69) is 0 Å². The van der Waals surface area contributed by atoms with Crippen molar-refractivity contribution >= 4 is 0 Å². The summed E-state index contributed by atoms with van der Waals surface area (Å²) in [6, 6.07) is 16.8. The average molecular weight is 1160 g/mol. The number of phenolic OH excluding ortho intramolecular Hbond substituents is 16. The largest absolute Gasteiger partial charge is 0.508 e. The standard InChI is InChI=1S/C60H50O24/c61-23-13-36(72)42-41(14-23)81-56(21-3-7-28(64)34(70)11-21)52(79)45(42)48-50(77)47(44-38(74)18-31(67)25-16-40(76)55(83-59(25)44)20-2-6-27(63)33(69)10-20)51(78)49-46(53(80)57(84-60(48)49)22-4-8-29(65)35(71)12-22)43-37(73)17-30(66)24-15-39(75)54(82-58(24)43)19-1-5-26(62)32(68)9-19/h1-14,17-18,39-40,45-46,52-57,61-80H,15-16H2/t39?,40?,45?,46?,52?,53?,54-,55-,56-,57-/m1/s1. The molecule has 4 aliphatic rings. The van der Waals surface area contributed by atoms with Crippen molar-refractivity contribution < 1.29 is 121 Å². The van der Waals surface area contributed by atoms with Crippen molar-refractivity contribution in [3.05, 3.63) is 153 Å². The second-order valence-corrected chi connectivity index (χ2v) is 21.0. The molecule has 4 heterocycles. The fraction of sp³-hybridized carbons (Fsp3) is 0.200. The van der Waals surface area contributed by atoms with E-state index < -0.39 is 222 Å². The SMILES string of the molecule is Oc1cc(O)c2c(c1)O[C@H](c1ccc(O)c(O)c1)C(O)C2c1c(O)c(-c2c(O)cc(O)c3c2O[C@H](c2ccc(O)c(O)c2)C(O)C3)c(O)c2c1O[C@H](c1ccc(O)c(O)c1)C(O)C2c1c(O)cc(O)c2c1O[C@H](c1ccc(O)c(O)c1)C(O)C2. The molecule has 0 fully saturated rings. The maximum absolute atomic E-state index is 13.5. The van der Waals surface area contributed by atoms with Crippen molar-refractivity contribution in [2.24, 2.45) is 0 Å². The molecule has 0 bridgehead atoms. The number of benzene rings is 8. The Morgan fingerprint density at radius 2 is 0.679 bits per heavy atom. The monoisotopic (exact) mass is 1150 g/mol. The van der Waals surface area contributed by atoms with E-state index in [0.717, 1.165) is 72.8 Å². The first-order valence-electron chi connectivity index (χ1n) is 25.7. The molecule has 434 valence electrons. The van der Waals surface area contributed by atoms with Crippen molar-refractivity contribution in [3.8, 4) is 126 Å². The molecule has 24 nitrogen and oxygen atoms in total. The lowest BCUT2D eigenvalue weighted by molar-refractivity contribution is -0.00557. The van der Waals surface area contributed by atoms with Crippen molar-refractivity contribution in [3.63, 3.8) is 0 Å². The van der Waals surface area contributed by atoms with Gasteiger partial charge in [0.25, 0.3) is 0 Å². The van der Waals surface area contributed by atoms with E-state index in [-0.39, 0.29) is 33.4 Å². The molecule has 8 aromatic rings. The number of rotatable bonds is 7. The predicted octanol–water partition coefficient (Wildman–Crippen LogP) is 5.97. The van der Waals surface area contributed by atoms with E-state index in [1.54, 1.807) is 0 Å². The molecule has 10 atom stereocenters. The van der Waals surface area contributed by atoms with Crippen molar-refractivity contribution in [1.29, 1.82) is 0 Å². The summed E-state index contributed by atoms with van der Waals surface area (Å²) in [5.74, 6) is -18.3. The second-order valence-electron chi connectivity index (χ2n) is 21.0. The number of hydrogen-bond donors (Lipinski definition) is 20. The number of aliphatic hydroxyl groups is 4. The summed E-state index contributed by atoms with van der Waals surface area (Å²) in [6.07, 6.45) is -15.1. The molecule has 0 radical (unpaired) electrons. The van der Waals surface area contributed by atoms with Crippen LogP contribution >= 0.6 is 0 Å². The topological polar surface area (TPSA) is 442 Å². The summed E-state index contributed by atoms with van der Waals surface area (Å²) in [6.45, 7) is 0. The summed E-state index contributed by atoms with van der Waals surface area (Å²) >= 11 is 0. The summed E-state index contributed by atoms with van der Waals surface area (Å²) in [4.78, 5) is 0. The Morgan fingerprint density at radius 1 is 0.298 bits per heavy atom. The van der Waals surface area contributed by atoms with Gasteiger partial charge in [-0.3, -0.25) is 0 Å². The fourth-order valence-electron chi connectivity index (χ4n) is 12.0. The molecule has 0 amide bonds. The van der Waals surface area contributed by atoms with Crippen LogP contribution in [0.4, 0.5) is 0 Å². The summed E-state index contributed by atoms with van der Waals surface area (Å²) in [7, 11) is 0. The lowest BCUT2D eigenvalue weighted by atomic mass is 9.72. The van der Waals surface area contributed by atoms with E-state index in [9.17, 15) is 102 Å². The average Bonchev–Trinajstić information content (AvgIpc) is 0.747. The van der Waals surface area contributed by atoms with Crippen LogP contribution < -0.4 is 18.9 Å². The van der Waals surface area contributed by atoms with Gasteiger partial charge in [-0.1, -0.05) is 24.3 Å². The Bertz CT molecular complexity index is 4050. The van der Waals surface area contributed by atoms with Gasteiger partial charge in [0.15, 0.2) is 58.2 Å². The Labute approximate surface area is 472 Å². The van der Waals surface area contributed by atoms with Crippen LogP contribution in [-0.2, 0) is 12.8 Å². The minimum atomic E-state index is -2.20. The number of ether oxygens (including phenoxy) is 4. The molecule has 0 aliphatic carbocycles. The molecule has 0 saturated heterocycles. The van der Waals surface area contributed by atoms with Gasteiger partial charge in [0.1, 0.15) is 93.4 Å². The molecule has 0 saturated carbocycles. The van der Waals surface area contributed by atoms with Gasteiger partial charge in [-0.05, 0) is 70.8 Å². The number of aromatic hydroxyl groups is 16. The van der Waals surface area contributed by atoms with Gasteiger partial charge < -0.3 is 121 Å². The van der Waals surface area contributed by atoms with Crippen LogP contribution in [0, 0.1) is 0 Å². The van der Waals surface area contributed by atoms with Gasteiger partial charge >= 0.3 is 0 Å². The summed E-state index contributed by atoms with van der Waals surface area (Å²) in [5, 5.41) is 231. The lowest BCUT2D eigenvalue weighted by Crippen LogP contribution is -2.39. The summed E-state index contributed by atoms with van der Waals surface area (Å²) in [5.41, 5.74) is -4.55. The third kappa shape index (κ3) is 8.44. The van der Waals surface area contributed by atoms with Crippen LogP contribution in [0.25, 0.3) is 11.1 Å². The highest BCUT2D eigenvalue weighted by molar-refractivity contribution is 5.92. The van der Waals surface area contributed by atoms with Crippen LogP contribution in [0.1, 0.15) is 91.9 Å². The highest BCUT2D eigenvalue weighted by atomic mass is 16.5. The summed E-state index contributed by atoms with van der Waals surface area (Å²) < 4.78 is 25.8. The Hall–Kier alpha value is -10.4. The maximum Gasteiger partial charge on any atom is 0.157 e. The minimum absolute atomic E-state index is 0.0187. The van der Waals surface area contributed by atoms with E-state index in [4.69, 9.17) is 18.9 Å². The van der Waals surface area contributed by atoms with Gasteiger partial charge in [0, 0.05) is 70.5 Å². The van der Waals surface area contributed by atoms with Crippen LogP contribution in [0.2, 0.25) is 0 Å². The van der Waals surface area contributed by atoms with Crippen LogP contribution in [0.3, 0.4) is 0 Å². The normalized spacial score (nSPS) is 23.1. The third-order valence-electron chi connectivity index (χ3n) is 15.9. The third-order valence-corrected chi connectivity index (χ3v) is 15.9. The van der Waals surface area contributed by atoms with Crippen molar-refractivity contribution in [2.45, 2.75) is 73.5 Å². The smallest absolute Gasteiger partial charge is 0.157 e. The molecule has 4 aliphatic heterocycles. The first-order chi connectivity index (χ1) is 39.9. The lowest BCUT2D eigenvalue weighted by Gasteiger charge is -2.43. The molecule has 8 aromatic carbocycles. The minimum Gasteiger partial charge on any atom is -0.508 e. The van der Waals surface area contributed by atoms with Gasteiger partial charge in [-0.15, -0.1) is 0 Å². The molecule has 0 aromatic heterocycles. The van der Waals surface area contributed by atoms with Crippen LogP contribution in [-0.4, -0.2) is 127 Å². The highest BCUT2D eigenvalue weighted by Gasteiger charge is 2.53. The molecular formula is C60H50O24. The zero-order valence-electron chi connectivity index (χ0n) is 43.0. The number of aliphatic hydroxyl groups excluding tert-OH is 4. The van der Waals surface area contributed by atoms with E-state index >= 15 is 0 Å². The molecule has 24 heteroatoms. The van der Waals surface area contributed by atoms with E-state index in [1.807, 2.05) is 0 Å². The van der Waals surface area contributed by atoms with Gasteiger partial charge in [0.2, 0.25) is 0 Å². The first kappa shape index (κ1) is 54.2. The van der Waals surface area contributed by atoms with Gasteiger partial charge in [-0.25, -0.2) is 0 Å². The fourth-order valence-corrected chi connectivity index (χ4v) is 12.0. The zero-order valence-corrected chi connectivity index (χ0v) is 43.0. The Morgan fingerprint density at radius 3 is 1.14 bits per heavy atom.